The van der Waals surface area contributed by atoms with Gasteiger partial charge in [-0.25, -0.2) is 0 Å². The Kier molecular flexibility index (Phi) is 9.42. The molecule has 0 heterocycles. The summed E-state index contributed by atoms with van der Waals surface area (Å²) >= 11 is 2.21. The molecule has 0 aliphatic heterocycles. The van der Waals surface area contributed by atoms with Gasteiger partial charge in [-0.2, -0.15) is 0 Å². The highest BCUT2D eigenvalue weighted by Gasteiger charge is 2.26. The average Bonchev–Trinajstić information content (AvgIpc) is 2.75. The van der Waals surface area contributed by atoms with Crippen molar-refractivity contribution in [3.63, 3.8) is 0 Å². The van der Waals surface area contributed by atoms with Gasteiger partial charge in [0.15, 0.2) is 6.61 Å². The van der Waals surface area contributed by atoms with Crippen molar-refractivity contribution >= 4 is 34.4 Å². The van der Waals surface area contributed by atoms with Gasteiger partial charge in [0.25, 0.3) is 5.91 Å². The van der Waals surface area contributed by atoms with Gasteiger partial charge in [-0.05, 0) is 77.4 Å². The van der Waals surface area contributed by atoms with Crippen LogP contribution in [0.2, 0.25) is 0 Å². The number of ether oxygens (including phenoxy) is 2. The van der Waals surface area contributed by atoms with E-state index in [1.807, 2.05) is 62.4 Å². The van der Waals surface area contributed by atoms with Crippen LogP contribution in [-0.2, 0) is 16.1 Å². The van der Waals surface area contributed by atoms with E-state index >= 15 is 0 Å². The second-order valence-electron chi connectivity index (χ2n) is 7.43. The predicted octanol–water partition coefficient (Wildman–Crippen LogP) is 3.87. The van der Waals surface area contributed by atoms with Crippen LogP contribution in [0.4, 0.5) is 0 Å². The highest BCUT2D eigenvalue weighted by molar-refractivity contribution is 14.1. The molecule has 0 spiro atoms. The monoisotopic (exact) mass is 524 g/mol. The number of methoxy groups -OCH3 is 1. The summed E-state index contributed by atoms with van der Waals surface area (Å²) in [5, 5.41) is 2.91. The summed E-state index contributed by atoms with van der Waals surface area (Å²) in [7, 11) is 1.61. The van der Waals surface area contributed by atoms with Crippen LogP contribution >= 0.6 is 22.6 Å². The summed E-state index contributed by atoms with van der Waals surface area (Å²) in [5.41, 5.74) is 0.905. The predicted molar refractivity (Wildman–Crippen MR) is 126 cm³/mol. The first kappa shape index (κ1) is 24.0. The van der Waals surface area contributed by atoms with Gasteiger partial charge in [0, 0.05) is 16.7 Å². The number of rotatable bonds is 10. The fourth-order valence-corrected chi connectivity index (χ4v) is 3.08. The number of nitrogens with one attached hydrogen (secondary N) is 1. The van der Waals surface area contributed by atoms with Gasteiger partial charge in [0.05, 0.1) is 7.11 Å². The molecule has 30 heavy (non-hydrogen) atoms. The van der Waals surface area contributed by atoms with E-state index in [-0.39, 0.29) is 18.4 Å². The first-order valence-corrected chi connectivity index (χ1v) is 11.0. The van der Waals surface area contributed by atoms with Gasteiger partial charge in [-0.3, -0.25) is 9.59 Å². The maximum absolute atomic E-state index is 13.0. The van der Waals surface area contributed by atoms with E-state index < -0.39 is 6.04 Å². The molecule has 0 radical (unpaired) electrons. The Balaban J connectivity index is 2.12. The van der Waals surface area contributed by atoms with Crippen LogP contribution < -0.4 is 14.8 Å². The number of benzene rings is 2. The zero-order valence-electron chi connectivity index (χ0n) is 17.9. The minimum atomic E-state index is -0.626. The minimum Gasteiger partial charge on any atom is -0.497 e. The number of hydrogen-bond donors (Lipinski definition) is 1. The maximum atomic E-state index is 13.0. The molecule has 7 heteroatoms. The third kappa shape index (κ3) is 7.51. The third-order valence-electron chi connectivity index (χ3n) is 4.54. The molecule has 2 aromatic carbocycles. The van der Waals surface area contributed by atoms with E-state index in [2.05, 4.69) is 27.9 Å². The number of carbonyl (C=O) groups is 2. The van der Waals surface area contributed by atoms with Crippen LogP contribution in [-0.4, -0.2) is 43.0 Å². The Hall–Kier alpha value is -2.29. The van der Waals surface area contributed by atoms with Crippen LogP contribution in [0, 0.1) is 9.49 Å². The van der Waals surface area contributed by atoms with Crippen molar-refractivity contribution in [2.24, 2.45) is 5.92 Å². The smallest absolute Gasteiger partial charge is 0.261 e. The number of hydrogen-bond acceptors (Lipinski definition) is 4. The summed E-state index contributed by atoms with van der Waals surface area (Å²) in [5.74, 6) is 1.25. The summed E-state index contributed by atoms with van der Waals surface area (Å²) in [6.07, 6.45) is 0. The zero-order valence-corrected chi connectivity index (χ0v) is 20.0. The number of carbonyl (C=O) groups excluding carboxylic acids is 2. The third-order valence-corrected chi connectivity index (χ3v) is 5.26. The minimum absolute atomic E-state index is 0.140. The van der Waals surface area contributed by atoms with Crippen molar-refractivity contribution < 1.29 is 19.1 Å². The van der Waals surface area contributed by atoms with Crippen LogP contribution in [0.1, 0.15) is 26.3 Å². The average molecular weight is 524 g/mol. The number of amides is 2. The van der Waals surface area contributed by atoms with Gasteiger partial charge in [0.1, 0.15) is 17.5 Å². The molecule has 0 aromatic heterocycles. The topological polar surface area (TPSA) is 67.9 Å². The van der Waals surface area contributed by atoms with E-state index in [1.165, 1.54) is 0 Å². The Labute approximate surface area is 192 Å². The Morgan fingerprint density at radius 2 is 1.60 bits per heavy atom. The highest BCUT2D eigenvalue weighted by atomic mass is 127. The Morgan fingerprint density at radius 1 is 1.00 bits per heavy atom. The molecule has 162 valence electrons. The van der Waals surface area contributed by atoms with E-state index in [0.717, 1.165) is 14.9 Å². The quantitative estimate of drug-likeness (QED) is 0.480. The molecule has 0 unspecified atom stereocenters. The van der Waals surface area contributed by atoms with E-state index in [1.54, 1.807) is 18.9 Å². The van der Waals surface area contributed by atoms with Crippen LogP contribution in [0.5, 0.6) is 11.5 Å². The van der Waals surface area contributed by atoms with Crippen molar-refractivity contribution in [2.75, 3.05) is 20.3 Å². The molecule has 1 N–H and O–H groups in total. The van der Waals surface area contributed by atoms with E-state index in [0.29, 0.717) is 24.8 Å². The fourth-order valence-electron chi connectivity index (χ4n) is 2.72. The molecule has 0 bridgehead atoms. The van der Waals surface area contributed by atoms with Gasteiger partial charge >= 0.3 is 0 Å². The molecule has 1 atom stereocenters. The molecule has 2 aromatic rings. The molecule has 0 aliphatic rings. The highest BCUT2D eigenvalue weighted by Crippen LogP contribution is 2.17. The molecule has 2 rings (SSSR count). The van der Waals surface area contributed by atoms with Crippen molar-refractivity contribution in [3.05, 3.63) is 57.7 Å². The molecule has 0 fully saturated rings. The van der Waals surface area contributed by atoms with Crippen LogP contribution in [0.25, 0.3) is 0 Å². The maximum Gasteiger partial charge on any atom is 0.261 e. The largest absolute Gasteiger partial charge is 0.497 e. The fraction of sp³-hybridized carbons (Fsp3) is 0.391. The normalized spacial score (nSPS) is 11.7. The van der Waals surface area contributed by atoms with Crippen molar-refractivity contribution in [3.8, 4) is 11.5 Å². The number of halogens is 1. The summed E-state index contributed by atoms with van der Waals surface area (Å²) in [6, 6.07) is 14.3. The lowest BCUT2D eigenvalue weighted by Crippen LogP contribution is -2.49. The van der Waals surface area contributed by atoms with Gasteiger partial charge in [0.2, 0.25) is 5.91 Å². The molecular weight excluding hydrogens is 495 g/mol. The van der Waals surface area contributed by atoms with Gasteiger partial charge in [-0.1, -0.05) is 26.0 Å². The van der Waals surface area contributed by atoms with Crippen molar-refractivity contribution in [2.45, 2.75) is 33.4 Å². The first-order chi connectivity index (χ1) is 14.3. The summed E-state index contributed by atoms with van der Waals surface area (Å²) < 4.78 is 11.9. The Morgan fingerprint density at radius 3 is 2.17 bits per heavy atom. The molecule has 2 amide bonds. The molecule has 6 nitrogen and oxygen atoms in total. The second kappa shape index (κ2) is 11.8. The van der Waals surface area contributed by atoms with Crippen LogP contribution in [0.15, 0.2) is 48.5 Å². The van der Waals surface area contributed by atoms with E-state index in [9.17, 15) is 9.59 Å². The lowest BCUT2D eigenvalue weighted by Gasteiger charge is -2.29. The lowest BCUT2D eigenvalue weighted by atomic mass is 10.1. The lowest BCUT2D eigenvalue weighted by molar-refractivity contribution is -0.142. The van der Waals surface area contributed by atoms with Crippen molar-refractivity contribution in [1.82, 2.24) is 10.2 Å². The van der Waals surface area contributed by atoms with Gasteiger partial charge in [-0.15, -0.1) is 0 Å². The molecular formula is C23H29IN2O4. The molecule has 0 saturated carbocycles. The standard InChI is InChI=1S/C23H29IN2O4/c1-16(2)13-25-23(28)17(3)26(14-18-5-9-20(29-4)10-6-18)22(27)15-30-21-11-7-19(24)8-12-21/h5-12,16-17H,13-15H2,1-4H3,(H,25,28)/t17-/m1/s1. The second-order valence-corrected chi connectivity index (χ2v) is 8.67. The van der Waals surface area contributed by atoms with Crippen LogP contribution in [0.3, 0.4) is 0 Å². The zero-order chi connectivity index (χ0) is 22.1. The Bertz CT molecular complexity index is 822. The van der Waals surface area contributed by atoms with Gasteiger partial charge < -0.3 is 19.7 Å². The number of nitrogens with zero attached hydrogens (tertiary/aromatic N) is 1. The molecule has 0 saturated heterocycles. The molecule has 0 aliphatic carbocycles. The summed E-state index contributed by atoms with van der Waals surface area (Å²) in [4.78, 5) is 27.2. The first-order valence-electron chi connectivity index (χ1n) is 9.88. The summed E-state index contributed by atoms with van der Waals surface area (Å²) in [6.45, 7) is 6.52. The van der Waals surface area contributed by atoms with Crippen molar-refractivity contribution in [1.29, 1.82) is 0 Å². The van der Waals surface area contributed by atoms with E-state index in [4.69, 9.17) is 9.47 Å². The SMILES string of the molecule is COc1ccc(CN(C(=O)COc2ccc(I)cc2)[C@H](C)C(=O)NCC(C)C)cc1.